The molecule has 0 saturated carbocycles. The van der Waals surface area contributed by atoms with Gasteiger partial charge in [-0.25, -0.2) is 9.18 Å². The second-order valence-electron chi connectivity index (χ2n) is 4.94. The Kier molecular flexibility index (Phi) is 6.65. The Balaban J connectivity index is 2.59. The maximum Gasteiger partial charge on any atom is 0.315 e. The van der Waals surface area contributed by atoms with Crippen molar-refractivity contribution in [3.63, 3.8) is 0 Å². The quantitative estimate of drug-likeness (QED) is 0.724. The lowest BCUT2D eigenvalue weighted by Gasteiger charge is -2.20. The third kappa shape index (κ3) is 5.81. The van der Waals surface area contributed by atoms with Crippen molar-refractivity contribution in [1.82, 2.24) is 10.6 Å². The monoisotopic (exact) mass is 296 g/mol. The van der Waals surface area contributed by atoms with Crippen LogP contribution in [0.4, 0.5) is 9.18 Å². The van der Waals surface area contributed by atoms with Crippen LogP contribution in [0.3, 0.4) is 0 Å². The number of urea groups is 1. The number of amides is 2. The Morgan fingerprint density at radius 1 is 1.29 bits per heavy atom. The predicted octanol–water partition coefficient (Wildman–Crippen LogP) is 2.83. The minimum atomic E-state index is -0.962. The molecule has 0 radical (unpaired) electrons. The summed E-state index contributed by atoms with van der Waals surface area (Å²) in [7, 11) is 0. The molecule has 0 spiro atoms. The summed E-state index contributed by atoms with van der Waals surface area (Å²) in [4.78, 5) is 22.6. The average molecular weight is 296 g/mol. The van der Waals surface area contributed by atoms with Crippen LogP contribution in [0.1, 0.15) is 44.7 Å². The predicted molar refractivity (Wildman–Crippen MR) is 77.4 cm³/mol. The molecule has 0 saturated heterocycles. The number of carboxylic acid groups (broad SMARTS) is 1. The van der Waals surface area contributed by atoms with Crippen LogP contribution in [-0.4, -0.2) is 23.1 Å². The van der Waals surface area contributed by atoms with Gasteiger partial charge in [-0.3, -0.25) is 4.79 Å². The van der Waals surface area contributed by atoms with E-state index < -0.39 is 24.1 Å². The highest BCUT2D eigenvalue weighted by molar-refractivity contribution is 5.76. The Bertz CT molecular complexity index is 494. The van der Waals surface area contributed by atoms with Gasteiger partial charge in [0.05, 0.1) is 12.5 Å². The van der Waals surface area contributed by atoms with Gasteiger partial charge in [0.1, 0.15) is 5.82 Å². The van der Waals surface area contributed by atoms with Crippen LogP contribution in [0, 0.1) is 5.82 Å². The first-order valence-electron chi connectivity index (χ1n) is 6.97. The van der Waals surface area contributed by atoms with E-state index >= 15 is 0 Å². The smallest absolute Gasteiger partial charge is 0.315 e. The lowest BCUT2D eigenvalue weighted by molar-refractivity contribution is -0.137. The largest absolute Gasteiger partial charge is 0.481 e. The zero-order chi connectivity index (χ0) is 15.8. The van der Waals surface area contributed by atoms with E-state index in [1.165, 1.54) is 6.07 Å². The molecule has 0 aliphatic rings. The van der Waals surface area contributed by atoms with Crippen molar-refractivity contribution in [2.24, 2.45) is 0 Å². The first-order chi connectivity index (χ1) is 9.93. The number of nitrogens with one attached hydrogen (secondary N) is 2. The van der Waals surface area contributed by atoms with Crippen LogP contribution in [0.2, 0.25) is 0 Å². The number of rotatable bonds is 7. The summed E-state index contributed by atoms with van der Waals surface area (Å²) in [6.45, 7) is 3.58. The number of halogens is 1. The second-order valence-corrected chi connectivity index (χ2v) is 4.94. The number of benzene rings is 1. The Morgan fingerprint density at radius 3 is 2.52 bits per heavy atom. The summed E-state index contributed by atoms with van der Waals surface area (Å²) in [6.07, 6.45) is 1.21. The van der Waals surface area contributed by atoms with Crippen molar-refractivity contribution >= 4 is 12.0 Å². The van der Waals surface area contributed by atoms with Gasteiger partial charge >= 0.3 is 12.0 Å². The second kappa shape index (κ2) is 8.24. The van der Waals surface area contributed by atoms with E-state index in [1.807, 2.05) is 6.92 Å². The highest BCUT2D eigenvalue weighted by Crippen LogP contribution is 2.15. The maximum absolute atomic E-state index is 13.6. The van der Waals surface area contributed by atoms with Gasteiger partial charge in [0.15, 0.2) is 0 Å². The summed E-state index contributed by atoms with van der Waals surface area (Å²) >= 11 is 0. The highest BCUT2D eigenvalue weighted by atomic mass is 19.1. The first kappa shape index (κ1) is 16.9. The van der Waals surface area contributed by atoms with Crippen molar-refractivity contribution in [3.05, 3.63) is 35.6 Å². The van der Waals surface area contributed by atoms with Gasteiger partial charge in [-0.05, 0) is 19.4 Å². The molecule has 1 aromatic rings. The van der Waals surface area contributed by atoms with Gasteiger partial charge in [-0.1, -0.05) is 31.5 Å². The summed E-state index contributed by atoms with van der Waals surface area (Å²) < 4.78 is 13.6. The van der Waals surface area contributed by atoms with Crippen LogP contribution in [-0.2, 0) is 4.79 Å². The topological polar surface area (TPSA) is 78.4 Å². The van der Waals surface area contributed by atoms with E-state index in [-0.39, 0.29) is 12.2 Å². The highest BCUT2D eigenvalue weighted by Gasteiger charge is 2.17. The van der Waals surface area contributed by atoms with Gasteiger partial charge in [-0.15, -0.1) is 0 Å². The molecule has 6 heteroatoms. The Hall–Kier alpha value is -2.11. The van der Waals surface area contributed by atoms with E-state index in [0.717, 1.165) is 6.42 Å². The first-order valence-corrected chi connectivity index (χ1v) is 6.97. The molecule has 116 valence electrons. The van der Waals surface area contributed by atoms with E-state index in [0.29, 0.717) is 12.0 Å². The van der Waals surface area contributed by atoms with Crippen LogP contribution in [0.5, 0.6) is 0 Å². The number of aliphatic carboxylic acids is 1. The molecule has 0 aliphatic carbocycles. The molecule has 2 unspecified atom stereocenters. The van der Waals surface area contributed by atoms with E-state index in [1.54, 1.807) is 25.1 Å². The summed E-state index contributed by atoms with van der Waals surface area (Å²) in [5.74, 6) is -1.35. The lowest BCUT2D eigenvalue weighted by Crippen LogP contribution is -2.43. The van der Waals surface area contributed by atoms with Crippen LogP contribution in [0.25, 0.3) is 0 Å². The van der Waals surface area contributed by atoms with Gasteiger partial charge in [-0.2, -0.15) is 0 Å². The van der Waals surface area contributed by atoms with Crippen LogP contribution < -0.4 is 10.6 Å². The zero-order valence-electron chi connectivity index (χ0n) is 12.2. The minimum absolute atomic E-state index is 0.130. The number of hydrogen-bond donors (Lipinski definition) is 3. The standard InChI is InChI=1S/C15H21FN2O3/c1-3-6-11(9-14(19)20)18-15(21)17-10(2)12-7-4-5-8-13(12)16/h4-5,7-8,10-11H,3,6,9H2,1-2H3,(H,19,20)(H2,17,18,21). The molecule has 2 amide bonds. The van der Waals surface area contributed by atoms with Crippen molar-refractivity contribution in [1.29, 1.82) is 0 Å². The zero-order valence-corrected chi connectivity index (χ0v) is 12.2. The fourth-order valence-corrected chi connectivity index (χ4v) is 2.11. The molecule has 0 heterocycles. The molecule has 1 aromatic carbocycles. The summed E-state index contributed by atoms with van der Waals surface area (Å²) in [5.41, 5.74) is 0.387. The van der Waals surface area contributed by atoms with Crippen molar-refractivity contribution in [2.45, 2.75) is 45.2 Å². The normalized spacial score (nSPS) is 13.3. The molecular weight excluding hydrogens is 275 g/mol. The van der Waals surface area contributed by atoms with Gasteiger partial charge < -0.3 is 15.7 Å². The molecule has 21 heavy (non-hydrogen) atoms. The summed E-state index contributed by atoms with van der Waals surface area (Å²) in [5, 5.41) is 14.0. The molecule has 1 rings (SSSR count). The molecule has 0 aliphatic heterocycles. The van der Waals surface area contributed by atoms with Gasteiger partial charge in [0.25, 0.3) is 0 Å². The van der Waals surface area contributed by atoms with Crippen molar-refractivity contribution in [2.75, 3.05) is 0 Å². The fourth-order valence-electron chi connectivity index (χ4n) is 2.11. The average Bonchev–Trinajstić information content (AvgIpc) is 2.38. The molecule has 0 bridgehead atoms. The van der Waals surface area contributed by atoms with Crippen LogP contribution >= 0.6 is 0 Å². The number of carbonyl (C=O) groups is 2. The Labute approximate surface area is 123 Å². The molecule has 0 fully saturated rings. The van der Waals surface area contributed by atoms with Crippen molar-refractivity contribution < 1.29 is 19.1 Å². The van der Waals surface area contributed by atoms with Crippen LogP contribution in [0.15, 0.2) is 24.3 Å². The third-order valence-corrected chi connectivity index (χ3v) is 3.11. The third-order valence-electron chi connectivity index (χ3n) is 3.11. The summed E-state index contributed by atoms with van der Waals surface area (Å²) in [6, 6.07) is 4.77. The molecule has 0 aromatic heterocycles. The maximum atomic E-state index is 13.6. The number of hydrogen-bond acceptors (Lipinski definition) is 2. The molecule has 3 N–H and O–H groups in total. The van der Waals surface area contributed by atoms with E-state index in [9.17, 15) is 14.0 Å². The van der Waals surface area contributed by atoms with E-state index in [4.69, 9.17) is 5.11 Å². The van der Waals surface area contributed by atoms with Gasteiger partial charge in [0, 0.05) is 11.6 Å². The number of carbonyl (C=O) groups excluding carboxylic acids is 1. The van der Waals surface area contributed by atoms with Crippen molar-refractivity contribution in [3.8, 4) is 0 Å². The number of carboxylic acids is 1. The molecular formula is C15H21FN2O3. The fraction of sp³-hybridized carbons (Fsp3) is 0.467. The Morgan fingerprint density at radius 2 is 1.95 bits per heavy atom. The lowest BCUT2D eigenvalue weighted by atomic mass is 10.1. The molecule has 2 atom stereocenters. The SMILES string of the molecule is CCCC(CC(=O)O)NC(=O)NC(C)c1ccccc1F. The van der Waals surface area contributed by atoms with E-state index in [2.05, 4.69) is 10.6 Å². The minimum Gasteiger partial charge on any atom is -0.481 e. The molecule has 5 nitrogen and oxygen atoms in total. The van der Waals surface area contributed by atoms with Gasteiger partial charge in [0.2, 0.25) is 0 Å².